The van der Waals surface area contributed by atoms with Crippen molar-refractivity contribution in [1.82, 2.24) is 0 Å². The lowest BCUT2D eigenvalue weighted by Crippen LogP contribution is -2.40. The molecule has 1 aliphatic rings. The Balaban J connectivity index is 2.22. The maximum atomic E-state index is 6.62. The summed E-state index contributed by atoms with van der Waals surface area (Å²) in [6.07, 6.45) is 5.95. The molecular weight excluding hydrogens is 194 g/mol. The Morgan fingerprint density at radius 3 is 2.81 bits per heavy atom. The van der Waals surface area contributed by atoms with Crippen molar-refractivity contribution in [2.45, 2.75) is 51.5 Å². The van der Waals surface area contributed by atoms with E-state index in [4.69, 9.17) is 5.73 Å². The molecule has 0 spiro atoms. The molecule has 0 bridgehead atoms. The second kappa shape index (κ2) is 4.58. The molecule has 1 aromatic carbocycles. The van der Waals surface area contributed by atoms with E-state index in [0.29, 0.717) is 0 Å². The average Bonchev–Trinajstić information content (AvgIpc) is 2.27. The van der Waals surface area contributed by atoms with Crippen LogP contribution in [0.2, 0.25) is 0 Å². The molecule has 1 aromatic rings. The minimum atomic E-state index is -0.0564. The molecule has 0 aliphatic heterocycles. The molecule has 2 N–H and O–H groups in total. The summed E-state index contributed by atoms with van der Waals surface area (Å²) in [6, 6.07) is 8.73. The summed E-state index contributed by atoms with van der Waals surface area (Å²) in [5.74, 6) is 0.745. The lowest BCUT2D eigenvalue weighted by Gasteiger charge is -2.36. The number of fused-ring (bicyclic) bond motifs is 1. The van der Waals surface area contributed by atoms with Crippen LogP contribution in [-0.4, -0.2) is 0 Å². The monoisotopic (exact) mass is 217 g/mol. The largest absolute Gasteiger partial charge is 0.321 e. The number of benzene rings is 1. The fourth-order valence-electron chi connectivity index (χ4n) is 2.76. The van der Waals surface area contributed by atoms with E-state index in [2.05, 4.69) is 38.1 Å². The van der Waals surface area contributed by atoms with Crippen LogP contribution in [0.25, 0.3) is 0 Å². The molecule has 0 heterocycles. The van der Waals surface area contributed by atoms with E-state index in [0.717, 1.165) is 18.8 Å². The van der Waals surface area contributed by atoms with Gasteiger partial charge in [0.15, 0.2) is 0 Å². The summed E-state index contributed by atoms with van der Waals surface area (Å²) in [4.78, 5) is 0. The van der Waals surface area contributed by atoms with Gasteiger partial charge in [-0.3, -0.25) is 0 Å². The molecule has 1 nitrogen and oxygen atoms in total. The molecule has 2 rings (SSSR count). The van der Waals surface area contributed by atoms with Crippen molar-refractivity contribution in [3.8, 4) is 0 Å². The van der Waals surface area contributed by atoms with Gasteiger partial charge < -0.3 is 5.73 Å². The first kappa shape index (κ1) is 11.7. The third-order valence-corrected chi connectivity index (χ3v) is 3.79. The Labute approximate surface area is 99.0 Å². The number of nitrogens with two attached hydrogens (primary N) is 1. The maximum Gasteiger partial charge on any atom is 0.0412 e. The lowest BCUT2D eigenvalue weighted by atomic mass is 9.74. The molecule has 0 amide bonds. The summed E-state index contributed by atoms with van der Waals surface area (Å²) < 4.78 is 0. The Kier molecular flexibility index (Phi) is 3.34. The summed E-state index contributed by atoms with van der Waals surface area (Å²) in [6.45, 7) is 4.55. The van der Waals surface area contributed by atoms with E-state index in [1.807, 2.05) is 0 Å². The summed E-state index contributed by atoms with van der Waals surface area (Å²) >= 11 is 0. The molecule has 0 saturated heterocycles. The third kappa shape index (κ3) is 2.30. The summed E-state index contributed by atoms with van der Waals surface area (Å²) in [5, 5.41) is 0. The normalized spacial score (nSPS) is 24.5. The van der Waals surface area contributed by atoms with Gasteiger partial charge in [0, 0.05) is 5.54 Å². The highest BCUT2D eigenvalue weighted by atomic mass is 14.7. The molecule has 1 atom stereocenters. The molecule has 0 radical (unpaired) electrons. The standard InChI is InChI=1S/C15H23N/c1-12(2)9-11-15(16)10-5-7-13-6-3-4-8-14(13)15/h3-4,6,8,12H,5,7,9-11,16H2,1-2H3. The number of hydrogen-bond acceptors (Lipinski definition) is 1. The SMILES string of the molecule is CC(C)CCC1(N)CCCc2ccccc21. The zero-order chi connectivity index (χ0) is 11.6. The first-order valence-electron chi connectivity index (χ1n) is 6.49. The van der Waals surface area contributed by atoms with Crippen LogP contribution < -0.4 is 5.73 Å². The van der Waals surface area contributed by atoms with Gasteiger partial charge >= 0.3 is 0 Å². The van der Waals surface area contributed by atoms with Gasteiger partial charge in [-0.15, -0.1) is 0 Å². The zero-order valence-electron chi connectivity index (χ0n) is 10.5. The van der Waals surface area contributed by atoms with E-state index in [-0.39, 0.29) is 5.54 Å². The molecule has 16 heavy (non-hydrogen) atoms. The first-order valence-corrected chi connectivity index (χ1v) is 6.49. The fraction of sp³-hybridized carbons (Fsp3) is 0.600. The fourth-order valence-corrected chi connectivity index (χ4v) is 2.76. The zero-order valence-corrected chi connectivity index (χ0v) is 10.5. The molecule has 0 saturated carbocycles. The van der Waals surface area contributed by atoms with Crippen LogP contribution >= 0.6 is 0 Å². The molecule has 1 aliphatic carbocycles. The average molecular weight is 217 g/mol. The van der Waals surface area contributed by atoms with Crippen LogP contribution in [-0.2, 0) is 12.0 Å². The van der Waals surface area contributed by atoms with Gasteiger partial charge in [0.25, 0.3) is 0 Å². The van der Waals surface area contributed by atoms with E-state index in [1.54, 1.807) is 0 Å². The quantitative estimate of drug-likeness (QED) is 0.822. The van der Waals surface area contributed by atoms with E-state index in [9.17, 15) is 0 Å². The van der Waals surface area contributed by atoms with Crippen molar-refractivity contribution in [2.75, 3.05) is 0 Å². The number of aryl methyl sites for hydroxylation is 1. The second-order valence-electron chi connectivity index (χ2n) is 5.60. The second-order valence-corrected chi connectivity index (χ2v) is 5.60. The van der Waals surface area contributed by atoms with Gasteiger partial charge in [0.2, 0.25) is 0 Å². The van der Waals surface area contributed by atoms with Crippen molar-refractivity contribution in [3.63, 3.8) is 0 Å². The van der Waals surface area contributed by atoms with E-state index >= 15 is 0 Å². The smallest absolute Gasteiger partial charge is 0.0412 e. The number of hydrogen-bond donors (Lipinski definition) is 1. The lowest BCUT2D eigenvalue weighted by molar-refractivity contribution is 0.318. The molecule has 1 heteroatoms. The first-order chi connectivity index (χ1) is 7.62. The van der Waals surface area contributed by atoms with Crippen LogP contribution in [0.15, 0.2) is 24.3 Å². The summed E-state index contributed by atoms with van der Waals surface area (Å²) in [7, 11) is 0. The van der Waals surface area contributed by atoms with Crippen LogP contribution in [0.1, 0.15) is 50.7 Å². The van der Waals surface area contributed by atoms with Gasteiger partial charge in [-0.05, 0) is 49.1 Å². The molecule has 0 fully saturated rings. The third-order valence-electron chi connectivity index (χ3n) is 3.79. The van der Waals surface area contributed by atoms with Crippen LogP contribution in [0.3, 0.4) is 0 Å². The number of rotatable bonds is 3. The highest BCUT2D eigenvalue weighted by molar-refractivity contribution is 5.35. The Hall–Kier alpha value is -0.820. The molecular formula is C15H23N. The van der Waals surface area contributed by atoms with Crippen molar-refractivity contribution in [3.05, 3.63) is 35.4 Å². The Morgan fingerprint density at radius 2 is 2.06 bits per heavy atom. The van der Waals surface area contributed by atoms with Gasteiger partial charge in [-0.1, -0.05) is 38.1 Å². The van der Waals surface area contributed by atoms with E-state index in [1.165, 1.54) is 30.4 Å². The molecule has 88 valence electrons. The van der Waals surface area contributed by atoms with Crippen LogP contribution in [0.5, 0.6) is 0 Å². The minimum Gasteiger partial charge on any atom is -0.321 e. The van der Waals surface area contributed by atoms with Crippen molar-refractivity contribution in [1.29, 1.82) is 0 Å². The predicted molar refractivity (Wildman–Crippen MR) is 69.3 cm³/mol. The van der Waals surface area contributed by atoms with Crippen LogP contribution in [0.4, 0.5) is 0 Å². The van der Waals surface area contributed by atoms with Gasteiger partial charge in [-0.2, -0.15) is 0 Å². The van der Waals surface area contributed by atoms with Crippen molar-refractivity contribution in [2.24, 2.45) is 11.7 Å². The molecule has 1 unspecified atom stereocenters. The predicted octanol–water partition coefficient (Wildman–Crippen LogP) is 3.61. The Morgan fingerprint density at radius 1 is 1.31 bits per heavy atom. The highest BCUT2D eigenvalue weighted by Crippen LogP contribution is 2.37. The van der Waals surface area contributed by atoms with Crippen molar-refractivity contribution >= 4 is 0 Å². The van der Waals surface area contributed by atoms with Gasteiger partial charge in [0.05, 0.1) is 0 Å². The highest BCUT2D eigenvalue weighted by Gasteiger charge is 2.31. The van der Waals surface area contributed by atoms with Gasteiger partial charge in [0.1, 0.15) is 0 Å². The maximum absolute atomic E-state index is 6.62. The van der Waals surface area contributed by atoms with Crippen molar-refractivity contribution < 1.29 is 0 Å². The van der Waals surface area contributed by atoms with Crippen LogP contribution in [0, 0.1) is 5.92 Å². The molecule has 0 aromatic heterocycles. The topological polar surface area (TPSA) is 26.0 Å². The Bertz CT molecular complexity index is 356. The van der Waals surface area contributed by atoms with E-state index < -0.39 is 0 Å². The van der Waals surface area contributed by atoms with Gasteiger partial charge in [-0.25, -0.2) is 0 Å². The summed E-state index contributed by atoms with van der Waals surface area (Å²) in [5.41, 5.74) is 9.44. The minimum absolute atomic E-state index is 0.0564.